The lowest BCUT2D eigenvalue weighted by Crippen LogP contribution is -1.87. The van der Waals surface area contributed by atoms with Gasteiger partial charge in [-0.2, -0.15) is 0 Å². The molecule has 0 aliphatic carbocycles. The average Bonchev–Trinajstić information content (AvgIpc) is 2.84. The van der Waals surface area contributed by atoms with Crippen LogP contribution in [0.1, 0.15) is 4.88 Å². The Labute approximate surface area is 93.9 Å². The second-order valence-corrected chi connectivity index (χ2v) is 5.13. The van der Waals surface area contributed by atoms with Crippen molar-refractivity contribution >= 4 is 19.2 Å². The lowest BCUT2D eigenvalue weighted by atomic mass is 10.5. The summed E-state index contributed by atoms with van der Waals surface area (Å²) in [5.41, 5.74) is 0.576. The molecule has 0 bridgehead atoms. The van der Waals surface area contributed by atoms with Gasteiger partial charge in [-0.05, 0) is 0 Å². The van der Waals surface area contributed by atoms with Crippen molar-refractivity contribution in [2.24, 2.45) is 0 Å². The van der Waals surface area contributed by atoms with Gasteiger partial charge in [-0.25, -0.2) is 9.55 Å². The number of phosphoric ester groups is 1. The molecule has 86 valence electrons. The highest BCUT2D eigenvalue weighted by Gasteiger charge is 2.15. The quantitative estimate of drug-likeness (QED) is 0.802. The molecular formula is C7H7N2O5PS. The molecule has 7 nitrogen and oxygen atoms in total. The van der Waals surface area contributed by atoms with Crippen LogP contribution in [0.25, 0.3) is 10.7 Å². The first kappa shape index (κ1) is 11.4. The Bertz CT molecular complexity index is 505. The summed E-state index contributed by atoms with van der Waals surface area (Å²) < 4.78 is 19.5. The van der Waals surface area contributed by atoms with E-state index in [1.165, 1.54) is 23.8 Å². The normalized spacial score (nSPS) is 11.9. The monoisotopic (exact) mass is 262 g/mol. The van der Waals surface area contributed by atoms with Crippen molar-refractivity contribution in [1.82, 2.24) is 10.1 Å². The van der Waals surface area contributed by atoms with Crippen molar-refractivity contribution in [2.75, 3.05) is 0 Å². The molecule has 0 aromatic carbocycles. The number of phosphoric acid groups is 1. The van der Waals surface area contributed by atoms with Crippen molar-refractivity contribution in [3.63, 3.8) is 0 Å². The molecule has 0 spiro atoms. The Morgan fingerprint density at radius 2 is 2.38 bits per heavy atom. The molecule has 9 heteroatoms. The summed E-state index contributed by atoms with van der Waals surface area (Å²) >= 11 is 1.23. The van der Waals surface area contributed by atoms with E-state index >= 15 is 0 Å². The van der Waals surface area contributed by atoms with Crippen LogP contribution in [0.15, 0.2) is 23.0 Å². The molecule has 2 aromatic rings. The second kappa shape index (κ2) is 4.44. The summed E-state index contributed by atoms with van der Waals surface area (Å²) in [5, 5.41) is 4.30. The summed E-state index contributed by atoms with van der Waals surface area (Å²) in [4.78, 5) is 21.7. The molecule has 0 saturated carbocycles. The second-order valence-electron chi connectivity index (χ2n) is 2.78. The van der Waals surface area contributed by atoms with Crippen molar-refractivity contribution in [1.29, 1.82) is 0 Å². The lowest BCUT2D eigenvalue weighted by molar-refractivity contribution is 0.190. The summed E-state index contributed by atoms with van der Waals surface area (Å²) in [6, 6.07) is 1.65. The van der Waals surface area contributed by atoms with Gasteiger partial charge in [0.25, 0.3) is 0 Å². The van der Waals surface area contributed by atoms with Crippen molar-refractivity contribution in [3.8, 4) is 10.7 Å². The number of hydrogen-bond acceptors (Lipinski definition) is 6. The Balaban J connectivity index is 2.06. The van der Waals surface area contributed by atoms with Crippen LogP contribution in [0.2, 0.25) is 0 Å². The van der Waals surface area contributed by atoms with Gasteiger partial charge in [0.15, 0.2) is 0 Å². The first-order valence-electron chi connectivity index (χ1n) is 4.10. The zero-order valence-corrected chi connectivity index (χ0v) is 9.52. The van der Waals surface area contributed by atoms with E-state index in [1.807, 2.05) is 0 Å². The number of aromatic nitrogens is 2. The summed E-state index contributed by atoms with van der Waals surface area (Å²) in [6.07, 6.45) is 2.90. The predicted molar refractivity (Wildman–Crippen MR) is 54.4 cm³/mol. The fraction of sp³-hybridized carbons (Fsp3) is 0.143. The first-order chi connectivity index (χ1) is 7.54. The van der Waals surface area contributed by atoms with Crippen LogP contribution in [-0.4, -0.2) is 19.9 Å². The van der Waals surface area contributed by atoms with Crippen molar-refractivity contribution < 1.29 is 23.4 Å². The molecule has 2 aromatic heterocycles. The molecule has 2 rings (SSSR count). The van der Waals surface area contributed by atoms with Crippen LogP contribution in [0.3, 0.4) is 0 Å². The zero-order valence-electron chi connectivity index (χ0n) is 7.81. The topological polar surface area (TPSA) is 106 Å². The van der Waals surface area contributed by atoms with Gasteiger partial charge in [0.05, 0.1) is 11.5 Å². The maximum atomic E-state index is 10.5. The standard InChI is InChI=1S/C7H7N2O5PS/c10-15(11,12)14-4-5-3-8-7(16-5)6-1-2-13-9-6/h1-3H,4H2,(H2,10,11,12). The van der Waals surface area contributed by atoms with E-state index in [9.17, 15) is 4.57 Å². The van der Waals surface area contributed by atoms with Gasteiger partial charge < -0.3 is 14.3 Å². The Kier molecular flexibility index (Phi) is 3.17. The van der Waals surface area contributed by atoms with E-state index in [0.717, 1.165) is 0 Å². The average molecular weight is 262 g/mol. The van der Waals surface area contributed by atoms with E-state index in [2.05, 4.69) is 19.2 Å². The molecule has 0 atom stereocenters. The van der Waals surface area contributed by atoms with E-state index in [1.54, 1.807) is 6.07 Å². The van der Waals surface area contributed by atoms with Crippen LogP contribution in [-0.2, 0) is 15.7 Å². The molecule has 0 radical (unpaired) electrons. The minimum absolute atomic E-state index is 0.181. The molecule has 0 aliphatic rings. The molecule has 2 heterocycles. The van der Waals surface area contributed by atoms with Crippen molar-refractivity contribution in [3.05, 3.63) is 23.4 Å². The molecular weight excluding hydrogens is 255 g/mol. The highest BCUT2D eigenvalue weighted by Crippen LogP contribution is 2.37. The number of thiazole rings is 1. The van der Waals surface area contributed by atoms with Gasteiger partial charge in [-0.3, -0.25) is 4.52 Å². The molecule has 16 heavy (non-hydrogen) atoms. The highest BCUT2D eigenvalue weighted by molar-refractivity contribution is 7.46. The van der Waals surface area contributed by atoms with Gasteiger partial charge in [0, 0.05) is 12.3 Å². The Morgan fingerprint density at radius 3 is 3.00 bits per heavy atom. The van der Waals surface area contributed by atoms with Gasteiger partial charge >= 0.3 is 7.82 Å². The smallest absolute Gasteiger partial charge is 0.364 e. The van der Waals surface area contributed by atoms with Crippen LogP contribution in [0.5, 0.6) is 0 Å². The van der Waals surface area contributed by atoms with E-state index in [0.29, 0.717) is 15.6 Å². The molecule has 0 fully saturated rings. The van der Waals surface area contributed by atoms with Gasteiger partial charge in [0.1, 0.15) is 17.0 Å². The third-order valence-electron chi connectivity index (χ3n) is 1.59. The number of hydrogen-bond donors (Lipinski definition) is 2. The number of rotatable bonds is 4. The van der Waals surface area contributed by atoms with Gasteiger partial charge in [-0.1, -0.05) is 5.16 Å². The van der Waals surface area contributed by atoms with Crippen LogP contribution < -0.4 is 0 Å². The van der Waals surface area contributed by atoms with E-state index in [-0.39, 0.29) is 6.61 Å². The minimum Gasteiger partial charge on any atom is -0.364 e. The van der Waals surface area contributed by atoms with E-state index < -0.39 is 7.82 Å². The first-order valence-corrected chi connectivity index (χ1v) is 6.45. The maximum Gasteiger partial charge on any atom is 0.469 e. The molecule has 0 amide bonds. The summed E-state index contributed by atoms with van der Waals surface area (Å²) in [5.74, 6) is 0. The van der Waals surface area contributed by atoms with Gasteiger partial charge in [-0.15, -0.1) is 11.3 Å². The third-order valence-corrected chi connectivity index (χ3v) is 3.04. The number of nitrogens with zero attached hydrogens (tertiary/aromatic N) is 2. The Hall–Kier alpha value is -1.05. The summed E-state index contributed by atoms with van der Waals surface area (Å²) in [7, 11) is -4.44. The summed E-state index contributed by atoms with van der Waals surface area (Å²) in [6.45, 7) is -0.181. The predicted octanol–water partition coefficient (Wildman–Crippen LogP) is 1.41. The maximum absolute atomic E-state index is 10.5. The molecule has 0 aliphatic heterocycles. The van der Waals surface area contributed by atoms with Gasteiger partial charge in [0.2, 0.25) is 0 Å². The molecule has 2 N–H and O–H groups in total. The fourth-order valence-corrected chi connectivity index (χ4v) is 2.14. The van der Waals surface area contributed by atoms with Crippen LogP contribution in [0, 0.1) is 0 Å². The Morgan fingerprint density at radius 1 is 1.56 bits per heavy atom. The fourth-order valence-electron chi connectivity index (χ4n) is 0.963. The third kappa shape index (κ3) is 2.97. The lowest BCUT2D eigenvalue weighted by Gasteiger charge is -2.01. The SMILES string of the molecule is O=P(O)(O)OCc1cnc(-c2ccon2)s1. The zero-order chi connectivity index (χ0) is 11.6. The minimum atomic E-state index is -4.44. The van der Waals surface area contributed by atoms with E-state index in [4.69, 9.17) is 9.79 Å². The highest BCUT2D eigenvalue weighted by atomic mass is 32.1. The van der Waals surface area contributed by atoms with Crippen LogP contribution >= 0.6 is 19.2 Å². The van der Waals surface area contributed by atoms with Crippen molar-refractivity contribution in [2.45, 2.75) is 6.61 Å². The largest absolute Gasteiger partial charge is 0.469 e. The van der Waals surface area contributed by atoms with Crippen LogP contribution in [0.4, 0.5) is 0 Å². The molecule has 0 unspecified atom stereocenters. The molecule has 0 saturated heterocycles.